The van der Waals surface area contributed by atoms with Crippen molar-refractivity contribution in [3.05, 3.63) is 263 Å². The van der Waals surface area contributed by atoms with Crippen LogP contribution >= 0.6 is 0 Å². The Morgan fingerprint density at radius 3 is 1.67 bits per heavy atom. The number of rotatable bonds is 4. The lowest BCUT2D eigenvalue weighted by molar-refractivity contribution is 0.660. The van der Waals surface area contributed by atoms with E-state index in [9.17, 15) is 0 Å². The summed E-state index contributed by atoms with van der Waals surface area (Å²) in [5.41, 5.74) is 27.3. The third-order valence-electron chi connectivity index (χ3n) is 16.8. The fourth-order valence-corrected chi connectivity index (χ4v) is 13.9. The van der Waals surface area contributed by atoms with E-state index >= 15 is 0 Å². The Balaban J connectivity index is 1.05. The van der Waals surface area contributed by atoms with Crippen molar-refractivity contribution in [2.75, 3.05) is 4.90 Å². The van der Waals surface area contributed by atoms with Crippen LogP contribution in [-0.2, 0) is 16.2 Å². The number of hydrogen-bond donors (Lipinski definition) is 0. The van der Waals surface area contributed by atoms with Gasteiger partial charge in [0.25, 0.3) is 0 Å². The van der Waals surface area contributed by atoms with Crippen LogP contribution < -0.4 is 4.90 Å². The molecular formula is C67H48N2. The lowest BCUT2D eigenvalue weighted by atomic mass is 9.64. The fourth-order valence-electron chi connectivity index (χ4n) is 13.9. The van der Waals surface area contributed by atoms with Gasteiger partial charge in [-0.3, -0.25) is 0 Å². The summed E-state index contributed by atoms with van der Waals surface area (Å²) in [7, 11) is 0. The molecule has 1 aliphatic heterocycles. The van der Waals surface area contributed by atoms with E-state index in [1.54, 1.807) is 0 Å². The molecule has 1 unspecified atom stereocenters. The first-order valence-electron chi connectivity index (χ1n) is 24.5. The van der Waals surface area contributed by atoms with Crippen molar-refractivity contribution in [2.24, 2.45) is 0 Å². The zero-order valence-corrected chi connectivity index (χ0v) is 39.2. The highest BCUT2D eigenvalue weighted by atomic mass is 15.1. The molecule has 2 heteroatoms. The van der Waals surface area contributed by atoms with Gasteiger partial charge in [0.15, 0.2) is 0 Å². The Kier molecular flexibility index (Phi) is 7.60. The van der Waals surface area contributed by atoms with Gasteiger partial charge >= 0.3 is 0 Å². The zero-order chi connectivity index (χ0) is 46.0. The van der Waals surface area contributed by atoms with Gasteiger partial charge in [0.2, 0.25) is 0 Å². The van der Waals surface area contributed by atoms with Crippen molar-refractivity contribution >= 4 is 38.9 Å². The first-order valence-corrected chi connectivity index (χ1v) is 24.5. The second-order valence-corrected chi connectivity index (χ2v) is 20.7. The molecule has 1 atom stereocenters. The van der Waals surface area contributed by atoms with Gasteiger partial charge in [0.05, 0.1) is 33.5 Å². The SMILES string of the molecule is CC1(C)c2ccccc2-c2ccc(N(c3ccccc3-c3cccc4c3C3(c5ccccc5-4)c4ccccc4-n4c5ccccc5c5cccc3c54)c3cccc4c3-c3ccccc3C4(C)C)cc21. The molecule has 11 aromatic rings. The van der Waals surface area contributed by atoms with Crippen LogP contribution in [0.25, 0.3) is 72.0 Å². The topological polar surface area (TPSA) is 8.17 Å². The molecule has 15 rings (SSSR count). The van der Waals surface area contributed by atoms with E-state index in [1.807, 2.05) is 0 Å². The van der Waals surface area contributed by atoms with Gasteiger partial charge in [-0.05, 0) is 114 Å². The number of nitrogens with zero attached hydrogens (tertiary/aromatic N) is 2. The molecule has 10 aromatic carbocycles. The number of anilines is 3. The van der Waals surface area contributed by atoms with Crippen LogP contribution in [0.2, 0.25) is 0 Å². The quantitative estimate of drug-likeness (QED) is 0.171. The highest BCUT2D eigenvalue weighted by Crippen LogP contribution is 2.64. The highest BCUT2D eigenvalue weighted by molar-refractivity contribution is 6.13. The summed E-state index contributed by atoms with van der Waals surface area (Å²) in [6.07, 6.45) is 0. The second kappa shape index (κ2) is 13.5. The van der Waals surface area contributed by atoms with Gasteiger partial charge in [-0.2, -0.15) is 0 Å². The van der Waals surface area contributed by atoms with Crippen LogP contribution in [0.1, 0.15) is 72.2 Å². The van der Waals surface area contributed by atoms with Crippen LogP contribution in [0, 0.1) is 0 Å². The fraction of sp³-hybridized carbons (Fsp3) is 0.104. The minimum atomic E-state index is -0.610. The lowest BCUT2D eigenvalue weighted by Crippen LogP contribution is -2.34. The van der Waals surface area contributed by atoms with E-state index in [4.69, 9.17) is 0 Å². The predicted octanol–water partition coefficient (Wildman–Crippen LogP) is 17.2. The maximum absolute atomic E-state index is 2.60. The average molecular weight is 881 g/mol. The zero-order valence-electron chi connectivity index (χ0n) is 39.2. The van der Waals surface area contributed by atoms with E-state index in [0.717, 1.165) is 11.4 Å². The minimum absolute atomic E-state index is 0.162. The van der Waals surface area contributed by atoms with Crippen LogP contribution in [-0.4, -0.2) is 4.57 Å². The van der Waals surface area contributed by atoms with E-state index in [0.29, 0.717) is 0 Å². The Morgan fingerprint density at radius 1 is 0.348 bits per heavy atom. The molecule has 0 saturated carbocycles. The Labute approximate surface area is 403 Å². The Bertz CT molecular complexity index is 4050. The van der Waals surface area contributed by atoms with Crippen molar-refractivity contribution in [2.45, 2.75) is 43.9 Å². The smallest absolute Gasteiger partial charge is 0.0760 e. The average Bonchev–Trinajstić information content (AvgIpc) is 4.05. The largest absolute Gasteiger partial charge is 0.309 e. The molecule has 4 aliphatic rings. The first kappa shape index (κ1) is 38.9. The van der Waals surface area contributed by atoms with Gasteiger partial charge in [0, 0.05) is 38.4 Å². The number of hydrogen-bond acceptors (Lipinski definition) is 1. The maximum Gasteiger partial charge on any atom is 0.0760 e. The summed E-state index contributed by atoms with van der Waals surface area (Å²) in [6, 6.07) is 83.1. The van der Waals surface area contributed by atoms with Crippen molar-refractivity contribution < 1.29 is 0 Å². The van der Waals surface area contributed by atoms with E-state index in [1.165, 1.54) is 122 Å². The van der Waals surface area contributed by atoms with E-state index in [2.05, 4.69) is 256 Å². The van der Waals surface area contributed by atoms with Crippen molar-refractivity contribution in [1.29, 1.82) is 0 Å². The van der Waals surface area contributed by atoms with Crippen molar-refractivity contribution in [3.63, 3.8) is 0 Å². The Hall–Kier alpha value is -8.20. The Morgan fingerprint density at radius 2 is 0.855 bits per heavy atom. The number of fused-ring (bicyclic) bond motifs is 18. The summed E-state index contributed by atoms with van der Waals surface area (Å²) in [4.78, 5) is 2.60. The van der Waals surface area contributed by atoms with Gasteiger partial charge in [-0.1, -0.05) is 210 Å². The molecule has 0 amide bonds. The van der Waals surface area contributed by atoms with Crippen molar-refractivity contribution in [3.8, 4) is 50.2 Å². The molecule has 2 nitrogen and oxygen atoms in total. The molecule has 1 aromatic heterocycles. The summed E-state index contributed by atoms with van der Waals surface area (Å²) >= 11 is 0. The van der Waals surface area contributed by atoms with Crippen LogP contribution in [0.4, 0.5) is 17.1 Å². The molecule has 1 spiro atoms. The number of aromatic nitrogens is 1. The molecule has 0 radical (unpaired) electrons. The van der Waals surface area contributed by atoms with E-state index in [-0.39, 0.29) is 10.8 Å². The maximum atomic E-state index is 2.60. The third-order valence-corrected chi connectivity index (χ3v) is 16.8. The molecule has 3 aliphatic carbocycles. The van der Waals surface area contributed by atoms with Crippen molar-refractivity contribution in [1.82, 2.24) is 4.57 Å². The molecule has 326 valence electrons. The standard InChI is InChI=1S/C67H48N2/c1-65(2)52-29-11-7-24-50(52)62-55(65)32-19-37-61(62)68(41-38-39-44-42-20-5-10-28-51(42)66(3,4)57(44)40-41)58-34-14-8-22-45(58)48-26-17-25-47-43-21-6-12-30-53(43)67(63(47)48)54-31-13-16-36-60(54)69-59-35-15-9-23-46(59)49-27-18-33-56(67)64(49)69/h5-40H,1-4H3. The van der Waals surface area contributed by atoms with Gasteiger partial charge in [0.1, 0.15) is 0 Å². The first-order chi connectivity index (χ1) is 33.8. The highest BCUT2D eigenvalue weighted by Gasteiger charge is 2.52. The second-order valence-electron chi connectivity index (χ2n) is 20.7. The molecule has 0 bridgehead atoms. The molecule has 2 heterocycles. The van der Waals surface area contributed by atoms with Crippen LogP contribution in [0.15, 0.2) is 218 Å². The predicted molar refractivity (Wildman–Crippen MR) is 287 cm³/mol. The molecule has 0 N–H and O–H groups in total. The normalized spacial score (nSPS) is 16.7. The monoisotopic (exact) mass is 880 g/mol. The van der Waals surface area contributed by atoms with Crippen LogP contribution in [0.5, 0.6) is 0 Å². The lowest BCUT2D eigenvalue weighted by Gasteiger charge is -2.40. The number of para-hydroxylation sites is 4. The van der Waals surface area contributed by atoms with E-state index < -0.39 is 5.41 Å². The number of benzene rings is 10. The summed E-state index contributed by atoms with van der Waals surface area (Å²) in [5, 5.41) is 2.57. The summed E-state index contributed by atoms with van der Waals surface area (Å²) in [6.45, 7) is 9.57. The van der Waals surface area contributed by atoms with Crippen LogP contribution in [0.3, 0.4) is 0 Å². The third kappa shape index (κ3) is 4.76. The molecule has 0 fully saturated rings. The minimum Gasteiger partial charge on any atom is -0.309 e. The molecule has 0 saturated heterocycles. The van der Waals surface area contributed by atoms with Gasteiger partial charge in [-0.25, -0.2) is 0 Å². The molecular weight excluding hydrogens is 833 g/mol. The summed E-state index contributed by atoms with van der Waals surface area (Å²) in [5.74, 6) is 0. The molecule has 69 heavy (non-hydrogen) atoms. The summed E-state index contributed by atoms with van der Waals surface area (Å²) < 4.78 is 2.54. The van der Waals surface area contributed by atoms with Gasteiger partial charge < -0.3 is 9.47 Å². The van der Waals surface area contributed by atoms with Gasteiger partial charge in [-0.15, -0.1) is 0 Å².